The zero-order chi connectivity index (χ0) is 27.1. The van der Waals surface area contributed by atoms with Crippen LogP contribution in [-0.2, 0) is 19.9 Å². The van der Waals surface area contributed by atoms with Gasteiger partial charge >= 0.3 is 5.97 Å². The highest BCUT2D eigenvalue weighted by atomic mass is 16.4. The summed E-state index contributed by atoms with van der Waals surface area (Å²) in [5.74, 6) is 0.00840. The van der Waals surface area contributed by atoms with Crippen LogP contribution in [0.25, 0.3) is 11.0 Å². The smallest absolute Gasteiger partial charge is 0.335 e. The molecule has 0 spiro atoms. The van der Waals surface area contributed by atoms with E-state index in [9.17, 15) is 4.79 Å². The van der Waals surface area contributed by atoms with E-state index in [1.165, 1.54) is 11.3 Å². The molecule has 0 bridgehead atoms. The van der Waals surface area contributed by atoms with Crippen molar-refractivity contribution < 1.29 is 15.1 Å². The van der Waals surface area contributed by atoms with Crippen LogP contribution in [0.15, 0.2) is 71.9 Å². The Morgan fingerprint density at radius 2 is 1.71 bits per heavy atom. The third-order valence-corrected chi connectivity index (χ3v) is 6.79. The van der Waals surface area contributed by atoms with Crippen LogP contribution in [0.4, 0.5) is 5.69 Å². The molecule has 0 atom stereocenters. The molecule has 1 fully saturated rings. The Morgan fingerprint density at radius 1 is 1.03 bits per heavy atom. The second-order valence-corrected chi connectivity index (χ2v) is 9.30. The molecule has 9 nitrogen and oxygen atoms in total. The van der Waals surface area contributed by atoms with Crippen LogP contribution in [-0.4, -0.2) is 57.8 Å². The number of nitrogens with zero attached hydrogens (tertiary/aromatic N) is 4. The van der Waals surface area contributed by atoms with E-state index in [1.54, 1.807) is 30.3 Å². The number of carboxylic acids is 1. The molecule has 5 N–H and O–H groups in total. The van der Waals surface area contributed by atoms with Crippen LogP contribution < -0.4 is 16.0 Å². The number of aromatic nitrogens is 2. The molecule has 4 aromatic rings. The van der Waals surface area contributed by atoms with Crippen molar-refractivity contribution in [1.82, 2.24) is 14.9 Å². The lowest BCUT2D eigenvalue weighted by Crippen LogP contribution is -2.43. The summed E-state index contributed by atoms with van der Waals surface area (Å²) < 4.78 is 1.98. The standard InChI is InChI=1S/C18H18N4O3.C11H16N2/c1-22-15-8-7-13(18(23)24)10-14(15)20-16(22)9-4-11-2-5-12(6-3-11)17(19)21-25;1-10-4-2-3-5-11(10)13-8-6-12-7-9-13/h2-3,5-8,10,25H,4,9H2,1H3,(H2,19,21)(H,23,24);2-5,12H,6-9H2,1H3. The van der Waals surface area contributed by atoms with Gasteiger partial charge in [0.05, 0.1) is 16.6 Å². The van der Waals surface area contributed by atoms with Gasteiger partial charge in [0.1, 0.15) is 5.82 Å². The number of carboxylic acid groups (broad SMARTS) is 1. The zero-order valence-corrected chi connectivity index (χ0v) is 21.8. The molecule has 9 heteroatoms. The van der Waals surface area contributed by atoms with E-state index >= 15 is 0 Å². The van der Waals surface area contributed by atoms with Crippen LogP contribution in [0.2, 0.25) is 0 Å². The van der Waals surface area contributed by atoms with Crippen molar-refractivity contribution in [3.8, 4) is 0 Å². The van der Waals surface area contributed by atoms with Gasteiger partial charge in [-0.1, -0.05) is 47.6 Å². The largest absolute Gasteiger partial charge is 0.478 e. The predicted molar refractivity (Wildman–Crippen MR) is 150 cm³/mol. The number of oxime groups is 1. The third-order valence-electron chi connectivity index (χ3n) is 6.79. The number of fused-ring (bicyclic) bond motifs is 1. The minimum atomic E-state index is -0.958. The monoisotopic (exact) mass is 514 g/mol. The maximum atomic E-state index is 11.1. The van der Waals surface area contributed by atoms with Crippen LogP contribution >= 0.6 is 0 Å². The van der Waals surface area contributed by atoms with Crippen LogP contribution in [0.5, 0.6) is 0 Å². The van der Waals surface area contributed by atoms with E-state index in [4.69, 9.17) is 16.0 Å². The van der Waals surface area contributed by atoms with Gasteiger partial charge in [-0.05, 0) is 48.7 Å². The fraction of sp³-hybridized carbons (Fsp3) is 0.276. The van der Waals surface area contributed by atoms with Crippen molar-refractivity contribution in [2.75, 3.05) is 31.1 Å². The molecule has 2 heterocycles. The molecule has 1 aliphatic heterocycles. The van der Waals surface area contributed by atoms with Gasteiger partial charge in [-0.25, -0.2) is 9.78 Å². The first-order valence-electron chi connectivity index (χ1n) is 12.6. The lowest BCUT2D eigenvalue weighted by Gasteiger charge is -2.30. The average Bonchev–Trinajstić information content (AvgIpc) is 3.27. The van der Waals surface area contributed by atoms with E-state index < -0.39 is 5.97 Å². The average molecular weight is 515 g/mol. The lowest BCUT2D eigenvalue weighted by molar-refractivity contribution is 0.0697. The zero-order valence-electron chi connectivity index (χ0n) is 21.8. The molecule has 1 aromatic heterocycles. The number of nitrogens with one attached hydrogen (secondary N) is 1. The van der Waals surface area contributed by atoms with Crippen molar-refractivity contribution >= 4 is 28.5 Å². The molecule has 38 heavy (non-hydrogen) atoms. The highest BCUT2D eigenvalue weighted by Gasteiger charge is 2.12. The summed E-state index contributed by atoms with van der Waals surface area (Å²) in [4.78, 5) is 18.1. The van der Waals surface area contributed by atoms with E-state index in [1.807, 2.05) is 23.7 Å². The molecule has 1 saturated heterocycles. The van der Waals surface area contributed by atoms with Crippen molar-refractivity contribution in [3.63, 3.8) is 0 Å². The van der Waals surface area contributed by atoms with Crippen molar-refractivity contribution in [1.29, 1.82) is 0 Å². The summed E-state index contributed by atoms with van der Waals surface area (Å²) in [5.41, 5.74) is 11.9. The normalized spacial score (nSPS) is 13.7. The SMILES string of the molecule is Cc1ccccc1N1CCNCC1.Cn1c(CCc2ccc(C(N)=NO)cc2)nc2cc(C(=O)O)ccc21. The molecular formula is C29H34N6O3. The van der Waals surface area contributed by atoms with Gasteiger partial charge in [-0.2, -0.15) is 0 Å². The van der Waals surface area contributed by atoms with Crippen LogP contribution in [0, 0.1) is 6.92 Å². The number of imidazole rings is 1. The number of benzene rings is 3. The van der Waals surface area contributed by atoms with Crippen molar-refractivity contribution in [2.24, 2.45) is 17.9 Å². The number of rotatable bonds is 6. The second kappa shape index (κ2) is 12.2. The van der Waals surface area contributed by atoms with Gasteiger partial charge in [-0.3, -0.25) is 0 Å². The first kappa shape index (κ1) is 26.7. The molecule has 198 valence electrons. The number of hydrogen-bond acceptors (Lipinski definition) is 6. The van der Waals surface area contributed by atoms with E-state index in [-0.39, 0.29) is 11.4 Å². The van der Waals surface area contributed by atoms with Gasteiger partial charge in [0, 0.05) is 50.9 Å². The highest BCUT2D eigenvalue weighted by molar-refractivity contribution is 5.97. The number of nitrogens with two attached hydrogens (primary N) is 1. The third kappa shape index (κ3) is 6.30. The maximum absolute atomic E-state index is 11.1. The molecule has 0 unspecified atom stereocenters. The van der Waals surface area contributed by atoms with Crippen LogP contribution in [0.1, 0.15) is 32.9 Å². The molecule has 0 aliphatic carbocycles. The number of aromatic carboxylic acids is 1. The molecular weight excluding hydrogens is 480 g/mol. The van der Waals surface area contributed by atoms with Gasteiger partial charge in [0.25, 0.3) is 0 Å². The number of amidine groups is 1. The second-order valence-electron chi connectivity index (χ2n) is 9.30. The Balaban J connectivity index is 0.000000216. The first-order chi connectivity index (χ1) is 18.4. The molecule has 0 amide bonds. The molecule has 5 rings (SSSR count). The summed E-state index contributed by atoms with van der Waals surface area (Å²) >= 11 is 0. The fourth-order valence-corrected chi connectivity index (χ4v) is 4.59. The number of hydrogen-bond donors (Lipinski definition) is 4. The van der Waals surface area contributed by atoms with Gasteiger partial charge in [-0.15, -0.1) is 0 Å². The Labute approximate surface area is 222 Å². The van der Waals surface area contributed by atoms with Gasteiger partial charge < -0.3 is 30.8 Å². The summed E-state index contributed by atoms with van der Waals surface area (Å²) in [6.07, 6.45) is 1.50. The Hall–Kier alpha value is -4.37. The van der Waals surface area contributed by atoms with E-state index in [0.717, 1.165) is 55.9 Å². The minimum absolute atomic E-state index is 0.0798. The number of carbonyl (C=O) groups is 1. The van der Waals surface area contributed by atoms with Crippen molar-refractivity contribution in [3.05, 3.63) is 94.8 Å². The molecule has 3 aromatic carbocycles. The number of aryl methyl sites for hydroxylation is 4. The maximum Gasteiger partial charge on any atom is 0.335 e. The molecule has 1 aliphatic rings. The molecule has 0 saturated carbocycles. The Kier molecular flexibility index (Phi) is 8.60. The highest BCUT2D eigenvalue weighted by Crippen LogP contribution is 2.20. The number of piperazine rings is 1. The summed E-state index contributed by atoms with van der Waals surface area (Å²) in [6.45, 7) is 6.65. The molecule has 0 radical (unpaired) electrons. The summed E-state index contributed by atoms with van der Waals surface area (Å²) in [5, 5.41) is 24.1. The van der Waals surface area contributed by atoms with E-state index in [2.05, 4.69) is 51.5 Å². The summed E-state index contributed by atoms with van der Waals surface area (Å²) in [6, 6.07) is 21.0. The summed E-state index contributed by atoms with van der Waals surface area (Å²) in [7, 11) is 1.92. The van der Waals surface area contributed by atoms with Gasteiger partial charge in [0.15, 0.2) is 5.84 Å². The minimum Gasteiger partial charge on any atom is -0.478 e. The quantitative estimate of drug-likeness (QED) is 0.134. The topological polar surface area (TPSA) is 129 Å². The van der Waals surface area contributed by atoms with Crippen LogP contribution in [0.3, 0.4) is 0 Å². The number of para-hydroxylation sites is 1. The fourth-order valence-electron chi connectivity index (χ4n) is 4.59. The Morgan fingerprint density at radius 3 is 2.37 bits per heavy atom. The lowest BCUT2D eigenvalue weighted by atomic mass is 10.1. The van der Waals surface area contributed by atoms with Crippen molar-refractivity contribution in [2.45, 2.75) is 19.8 Å². The first-order valence-corrected chi connectivity index (χ1v) is 12.6. The van der Waals surface area contributed by atoms with Gasteiger partial charge in [0.2, 0.25) is 0 Å². The Bertz CT molecular complexity index is 1420. The van der Waals surface area contributed by atoms with E-state index in [0.29, 0.717) is 11.1 Å². The predicted octanol–water partition coefficient (Wildman–Crippen LogP) is 3.56. The number of anilines is 1.